The third-order valence-electron chi connectivity index (χ3n) is 7.54. The van der Waals surface area contributed by atoms with Crippen LogP contribution in [0.5, 0.6) is 11.5 Å². The third kappa shape index (κ3) is 5.42. The SMILES string of the molecule is COc1cc(Nc2nc3ccccc3nc2NS(=O)(=O)c2cccc(-c3ccccc3C3(C(N)=O)CC3)c2)cc(OC)c1. The van der Waals surface area contributed by atoms with Crippen molar-refractivity contribution in [2.24, 2.45) is 5.73 Å². The summed E-state index contributed by atoms with van der Waals surface area (Å²) in [6, 6.07) is 26.4. The second kappa shape index (κ2) is 10.9. The predicted octanol–water partition coefficient (Wildman–Crippen LogP) is 5.38. The number of rotatable bonds is 10. The van der Waals surface area contributed by atoms with Crippen LogP contribution in [0.2, 0.25) is 0 Å². The van der Waals surface area contributed by atoms with E-state index in [1.807, 2.05) is 36.4 Å². The van der Waals surface area contributed by atoms with Crippen LogP contribution in [0.3, 0.4) is 0 Å². The van der Waals surface area contributed by atoms with E-state index in [-0.39, 0.29) is 22.4 Å². The van der Waals surface area contributed by atoms with Gasteiger partial charge in [-0.2, -0.15) is 0 Å². The zero-order valence-corrected chi connectivity index (χ0v) is 24.3. The van der Waals surface area contributed by atoms with Crippen LogP contribution < -0.4 is 25.2 Å². The van der Waals surface area contributed by atoms with Crippen molar-refractivity contribution in [3.8, 4) is 22.6 Å². The highest BCUT2D eigenvalue weighted by Gasteiger charge is 2.51. The quantitative estimate of drug-likeness (QED) is 0.195. The van der Waals surface area contributed by atoms with Crippen LogP contribution in [0.25, 0.3) is 22.2 Å². The second-order valence-electron chi connectivity index (χ2n) is 10.3. The average molecular weight is 596 g/mol. The molecule has 1 heterocycles. The van der Waals surface area contributed by atoms with Gasteiger partial charge in [-0.25, -0.2) is 18.4 Å². The lowest BCUT2D eigenvalue weighted by molar-refractivity contribution is -0.120. The highest BCUT2D eigenvalue weighted by Crippen LogP contribution is 2.51. The minimum absolute atomic E-state index is 0.0111. The number of hydrogen-bond acceptors (Lipinski definition) is 8. The lowest BCUT2D eigenvalue weighted by atomic mass is 9.88. The molecule has 1 aliphatic rings. The van der Waals surface area contributed by atoms with Crippen LogP contribution in [0.15, 0.2) is 95.9 Å². The number of para-hydroxylation sites is 2. The molecule has 4 N–H and O–H groups in total. The van der Waals surface area contributed by atoms with Crippen molar-refractivity contribution in [1.29, 1.82) is 0 Å². The van der Waals surface area contributed by atoms with Crippen LogP contribution >= 0.6 is 0 Å². The highest BCUT2D eigenvalue weighted by molar-refractivity contribution is 7.92. The summed E-state index contributed by atoms with van der Waals surface area (Å²) in [6.45, 7) is 0. The standard InChI is InChI=1S/C32H29N5O5S/c1-41-22-17-21(18-23(19-22)42-2)34-29-30(36-28-13-6-5-12-27(28)35-29)37-43(39,40)24-9-7-8-20(16-24)25-10-3-4-11-26(25)32(14-15-32)31(33)38/h3-13,16-19H,14-15H2,1-2H3,(H2,33,38)(H,34,35)(H,36,37). The van der Waals surface area contributed by atoms with E-state index in [2.05, 4.69) is 20.0 Å². The normalized spacial score (nSPS) is 13.7. The van der Waals surface area contributed by atoms with Crippen molar-refractivity contribution < 1.29 is 22.7 Å². The molecule has 0 aliphatic heterocycles. The number of fused-ring (bicyclic) bond motifs is 1. The third-order valence-corrected chi connectivity index (χ3v) is 8.87. The molecule has 218 valence electrons. The molecule has 4 aromatic carbocycles. The summed E-state index contributed by atoms with van der Waals surface area (Å²) in [5.74, 6) is 0.903. The molecule has 1 aromatic heterocycles. The van der Waals surface area contributed by atoms with E-state index in [0.717, 1.165) is 11.1 Å². The van der Waals surface area contributed by atoms with Crippen LogP contribution in [0, 0.1) is 0 Å². The molecule has 0 radical (unpaired) electrons. The number of primary amides is 1. The van der Waals surface area contributed by atoms with Gasteiger partial charge >= 0.3 is 0 Å². The monoisotopic (exact) mass is 595 g/mol. The van der Waals surface area contributed by atoms with Crippen molar-refractivity contribution in [2.75, 3.05) is 24.3 Å². The Bertz CT molecular complexity index is 1950. The Balaban J connectivity index is 1.39. The van der Waals surface area contributed by atoms with Crippen molar-refractivity contribution >= 4 is 44.3 Å². The number of carbonyl (C=O) groups excluding carboxylic acids is 1. The molecule has 0 saturated heterocycles. The summed E-state index contributed by atoms with van der Waals surface area (Å²) in [4.78, 5) is 21.6. The Morgan fingerprint density at radius 2 is 1.44 bits per heavy atom. The Hall–Kier alpha value is -5.16. The topological polar surface area (TPSA) is 146 Å². The van der Waals surface area contributed by atoms with Gasteiger partial charge in [-0.1, -0.05) is 48.5 Å². The molecular weight excluding hydrogens is 566 g/mol. The summed E-state index contributed by atoms with van der Waals surface area (Å²) >= 11 is 0. The fourth-order valence-corrected chi connectivity index (χ4v) is 6.17. The number of aromatic nitrogens is 2. The molecule has 10 nitrogen and oxygen atoms in total. The zero-order chi connectivity index (χ0) is 30.2. The number of benzene rings is 4. The Kier molecular flexibility index (Phi) is 7.10. The smallest absolute Gasteiger partial charge is 0.263 e. The minimum Gasteiger partial charge on any atom is -0.497 e. The van der Waals surface area contributed by atoms with Crippen LogP contribution in [0.1, 0.15) is 18.4 Å². The average Bonchev–Trinajstić information content (AvgIpc) is 3.83. The number of methoxy groups -OCH3 is 2. The molecular formula is C32H29N5O5S. The van der Waals surface area contributed by atoms with Gasteiger partial charge in [0, 0.05) is 23.9 Å². The first-order chi connectivity index (χ1) is 20.7. The summed E-state index contributed by atoms with van der Waals surface area (Å²) in [5.41, 5.74) is 8.88. The molecule has 0 spiro atoms. The maximum absolute atomic E-state index is 13.8. The van der Waals surface area contributed by atoms with Gasteiger partial charge < -0.3 is 20.5 Å². The van der Waals surface area contributed by atoms with Gasteiger partial charge in [-0.15, -0.1) is 0 Å². The molecule has 43 heavy (non-hydrogen) atoms. The molecule has 1 fully saturated rings. The number of ether oxygens (including phenoxy) is 2. The van der Waals surface area contributed by atoms with E-state index in [0.29, 0.717) is 46.6 Å². The first-order valence-electron chi connectivity index (χ1n) is 13.5. The van der Waals surface area contributed by atoms with Crippen LogP contribution in [0.4, 0.5) is 17.3 Å². The molecule has 11 heteroatoms. The molecule has 6 rings (SSSR count). The predicted molar refractivity (Wildman–Crippen MR) is 165 cm³/mol. The van der Waals surface area contributed by atoms with Gasteiger partial charge in [-0.05, 0) is 53.8 Å². The first kappa shape index (κ1) is 28.0. The number of nitrogens with one attached hydrogen (secondary N) is 2. The minimum atomic E-state index is -4.14. The molecule has 1 saturated carbocycles. The number of amides is 1. The van der Waals surface area contributed by atoms with Gasteiger partial charge in [0.25, 0.3) is 10.0 Å². The van der Waals surface area contributed by atoms with Crippen LogP contribution in [-0.4, -0.2) is 38.5 Å². The maximum atomic E-state index is 13.8. The number of nitrogens with zero attached hydrogens (tertiary/aromatic N) is 2. The van der Waals surface area contributed by atoms with Gasteiger partial charge in [0.2, 0.25) is 5.91 Å². The van der Waals surface area contributed by atoms with E-state index >= 15 is 0 Å². The number of sulfonamides is 1. The van der Waals surface area contributed by atoms with Gasteiger partial charge in [0.15, 0.2) is 11.6 Å². The molecule has 5 aromatic rings. The van der Waals surface area contributed by atoms with Crippen LogP contribution in [-0.2, 0) is 20.2 Å². The molecule has 0 atom stereocenters. The van der Waals surface area contributed by atoms with E-state index in [4.69, 9.17) is 15.2 Å². The van der Waals surface area contributed by atoms with Gasteiger partial charge in [-0.3, -0.25) is 9.52 Å². The first-order valence-corrected chi connectivity index (χ1v) is 15.0. The fourth-order valence-electron chi connectivity index (χ4n) is 5.12. The van der Waals surface area contributed by atoms with Gasteiger partial charge in [0.05, 0.1) is 35.6 Å². The number of nitrogens with two attached hydrogens (primary N) is 1. The number of carbonyl (C=O) groups is 1. The molecule has 1 aliphatic carbocycles. The lowest BCUT2D eigenvalue weighted by Gasteiger charge is -2.18. The molecule has 0 bridgehead atoms. The van der Waals surface area contributed by atoms with Crippen molar-refractivity contribution in [3.05, 3.63) is 96.6 Å². The van der Waals surface area contributed by atoms with Gasteiger partial charge in [0.1, 0.15) is 11.5 Å². The molecule has 1 amide bonds. The summed E-state index contributed by atoms with van der Waals surface area (Å²) in [5, 5.41) is 3.16. The summed E-state index contributed by atoms with van der Waals surface area (Å²) < 4.78 is 41.0. The van der Waals surface area contributed by atoms with E-state index in [9.17, 15) is 13.2 Å². The largest absolute Gasteiger partial charge is 0.497 e. The van der Waals surface area contributed by atoms with Crippen molar-refractivity contribution in [3.63, 3.8) is 0 Å². The molecule has 0 unspecified atom stereocenters. The fraction of sp³-hybridized carbons (Fsp3) is 0.156. The van der Waals surface area contributed by atoms with E-state index in [1.165, 1.54) is 6.07 Å². The number of hydrogen-bond donors (Lipinski definition) is 3. The Morgan fingerprint density at radius 1 is 0.814 bits per heavy atom. The maximum Gasteiger partial charge on any atom is 0.263 e. The highest BCUT2D eigenvalue weighted by atomic mass is 32.2. The lowest BCUT2D eigenvalue weighted by Crippen LogP contribution is -2.28. The second-order valence-corrected chi connectivity index (χ2v) is 11.9. The zero-order valence-electron chi connectivity index (χ0n) is 23.5. The Morgan fingerprint density at radius 3 is 2.07 bits per heavy atom. The van der Waals surface area contributed by atoms with Crippen molar-refractivity contribution in [1.82, 2.24) is 9.97 Å². The Labute approximate surface area is 248 Å². The summed E-state index contributed by atoms with van der Waals surface area (Å²) in [6.07, 6.45) is 1.32. The summed E-state index contributed by atoms with van der Waals surface area (Å²) in [7, 11) is -1.05. The van der Waals surface area contributed by atoms with E-state index < -0.39 is 15.4 Å². The van der Waals surface area contributed by atoms with Crippen molar-refractivity contribution in [2.45, 2.75) is 23.2 Å². The number of anilines is 3. The van der Waals surface area contributed by atoms with E-state index in [1.54, 1.807) is 62.8 Å².